The molecule has 1 saturated heterocycles. The van der Waals surface area contributed by atoms with E-state index in [1.807, 2.05) is 52.0 Å². The predicted octanol–water partition coefficient (Wildman–Crippen LogP) is 7.38. The van der Waals surface area contributed by atoms with Gasteiger partial charge >= 0.3 is 12.1 Å². The van der Waals surface area contributed by atoms with Crippen molar-refractivity contribution in [1.29, 1.82) is 0 Å². The minimum Gasteiger partial charge on any atom is -0.496 e. The molecule has 0 N–H and O–H groups in total. The third-order valence-corrected chi connectivity index (χ3v) is 9.27. The number of ether oxygens (including phenoxy) is 3. The Labute approximate surface area is 251 Å². The van der Waals surface area contributed by atoms with E-state index in [0.717, 1.165) is 77.3 Å². The molecular weight excluding hydrogens is 536 g/mol. The summed E-state index contributed by atoms with van der Waals surface area (Å²) < 4.78 is 41.2. The number of fused-ring (bicyclic) bond motifs is 1. The molecule has 1 aromatic heterocycles. The average Bonchev–Trinajstić information content (AvgIpc) is 3.38. The summed E-state index contributed by atoms with van der Waals surface area (Å²) in [5.41, 5.74) is 3.75. The number of likely N-dealkylation sites (tertiary alicyclic amines) is 1. The van der Waals surface area contributed by atoms with Crippen LogP contribution in [-0.2, 0) is 16.0 Å². The first kappa shape index (κ1) is 25.7. The fourth-order valence-corrected chi connectivity index (χ4v) is 7.46. The van der Waals surface area contributed by atoms with Gasteiger partial charge in [0.1, 0.15) is 11.4 Å². The van der Waals surface area contributed by atoms with E-state index in [1.165, 1.54) is 7.11 Å². The lowest BCUT2D eigenvalue weighted by molar-refractivity contribution is -0.00568. The lowest BCUT2D eigenvalue weighted by atomic mass is 9.60. The maximum Gasteiger partial charge on any atom is 0.419 e. The van der Waals surface area contributed by atoms with Crippen molar-refractivity contribution in [2.45, 2.75) is 76.8 Å². The van der Waals surface area contributed by atoms with Crippen LogP contribution < -0.4 is 4.74 Å². The van der Waals surface area contributed by atoms with E-state index in [9.17, 15) is 9.59 Å². The van der Waals surface area contributed by atoms with Crippen LogP contribution in [0.2, 0.25) is 0 Å². The van der Waals surface area contributed by atoms with Crippen molar-refractivity contribution >= 4 is 34.7 Å². The summed E-state index contributed by atoms with van der Waals surface area (Å²) in [6.45, 7) is 8.93. The molecule has 3 aromatic rings. The van der Waals surface area contributed by atoms with Crippen molar-refractivity contribution in [2.75, 3.05) is 26.9 Å². The van der Waals surface area contributed by atoms with Crippen LogP contribution in [-0.4, -0.2) is 59.3 Å². The second-order valence-electron chi connectivity index (χ2n) is 12.5. The van der Waals surface area contributed by atoms with Crippen LogP contribution in [0.25, 0.3) is 10.9 Å². The molecule has 1 saturated carbocycles. The van der Waals surface area contributed by atoms with Gasteiger partial charge < -0.3 is 14.2 Å². The monoisotopic (exact) mass is 581 g/mol. The van der Waals surface area contributed by atoms with Gasteiger partial charge in [-0.3, -0.25) is 9.47 Å². The van der Waals surface area contributed by atoms with Crippen molar-refractivity contribution < 1.29 is 27.9 Å². The Kier molecular flexibility index (Phi) is 7.13. The Morgan fingerprint density at radius 1 is 1.12 bits per heavy atom. The Bertz CT molecular complexity index is 1540. The summed E-state index contributed by atoms with van der Waals surface area (Å²) in [6, 6.07) is 11.6. The second-order valence-corrected chi connectivity index (χ2v) is 13.4. The number of esters is 1. The van der Waals surface area contributed by atoms with Crippen LogP contribution in [0.5, 0.6) is 5.75 Å². The predicted molar refractivity (Wildman–Crippen MR) is 164 cm³/mol. The first-order valence-corrected chi connectivity index (χ1v) is 15.0. The van der Waals surface area contributed by atoms with Crippen LogP contribution in [0, 0.1) is 12.3 Å². The molecule has 1 spiro atoms. The normalized spacial score (nSPS) is 24.3. The minimum atomic E-state index is -1.99. The highest BCUT2D eigenvalue weighted by atomic mass is 32.2. The summed E-state index contributed by atoms with van der Waals surface area (Å²) in [4.78, 5) is 27.7. The van der Waals surface area contributed by atoms with E-state index >= 15 is 0 Å². The number of nitrogens with zero attached hydrogens (tertiary/aromatic N) is 2. The molecule has 5 rings (SSSR count). The van der Waals surface area contributed by atoms with E-state index in [-0.39, 0.29) is 22.7 Å². The number of methoxy groups -OCH3 is 2. The molecule has 1 aliphatic carbocycles. The smallest absolute Gasteiger partial charge is 0.419 e. The maximum atomic E-state index is 13.1. The highest BCUT2D eigenvalue weighted by molar-refractivity contribution is 7.99. The molecule has 2 aromatic carbocycles. The van der Waals surface area contributed by atoms with Gasteiger partial charge in [-0.05, 0) is 107 Å². The molecule has 2 fully saturated rings. The van der Waals surface area contributed by atoms with E-state index in [0.29, 0.717) is 12.1 Å². The fourth-order valence-electron chi connectivity index (χ4n) is 6.59. The molecule has 220 valence electrons. The fraction of sp³-hybridized carbons (Fsp3) is 0.515. The van der Waals surface area contributed by atoms with Crippen molar-refractivity contribution in [3.05, 3.63) is 64.8 Å². The molecule has 8 heteroatoms. The lowest BCUT2D eigenvalue weighted by Crippen LogP contribution is -2.49. The molecule has 0 amide bonds. The van der Waals surface area contributed by atoms with Crippen LogP contribution in [0.1, 0.15) is 83.7 Å². The number of aromatic nitrogens is 1. The molecular formula is C33H42N2O5S. The Hall–Kier alpha value is -2.97. The first-order valence-electron chi connectivity index (χ1n) is 15.6. The van der Waals surface area contributed by atoms with Gasteiger partial charge in [-0.25, -0.2) is 9.59 Å². The number of benzene rings is 2. The number of hydrogen-bond donors (Lipinski definition) is 0. The van der Waals surface area contributed by atoms with Gasteiger partial charge in [0.05, 0.1) is 25.3 Å². The van der Waals surface area contributed by atoms with E-state index in [2.05, 4.69) is 4.90 Å². The molecule has 2 aliphatic rings. The molecule has 2 heterocycles. The molecule has 0 unspecified atom stereocenters. The van der Waals surface area contributed by atoms with Gasteiger partial charge in [0.15, 0.2) is 0 Å². The standard InChI is InChI=1S/C33H42N2O5S/c1-21-16-28(38-5)26(25-12-14-35(29(21)25)31(37)40-32(2,3)4)20-34-15-13-33(17-24(18-33)41-7)19-27(34)22-8-10-23(11-9-22)30(36)39-6/h8-12,14,16,24,27H,13,15,17-20H2,1-7H3/t24?,27-,33?/m0/s1/i7D3. The van der Waals surface area contributed by atoms with Gasteiger partial charge in [-0.15, -0.1) is 0 Å². The molecule has 7 nitrogen and oxygen atoms in total. The zero-order valence-corrected chi connectivity index (χ0v) is 25.6. The van der Waals surface area contributed by atoms with Gasteiger partial charge in [0.25, 0.3) is 0 Å². The van der Waals surface area contributed by atoms with Crippen LogP contribution in [0.4, 0.5) is 4.79 Å². The molecule has 41 heavy (non-hydrogen) atoms. The van der Waals surface area contributed by atoms with Gasteiger partial charge in [-0.2, -0.15) is 11.8 Å². The van der Waals surface area contributed by atoms with E-state index in [4.69, 9.17) is 18.3 Å². The minimum absolute atomic E-state index is 0.0446. The molecule has 1 atom stereocenters. The first-order chi connectivity index (χ1) is 20.6. The molecule has 0 radical (unpaired) electrons. The number of aryl methyl sites for hydroxylation is 1. The lowest BCUT2D eigenvalue weighted by Gasteiger charge is -2.55. The van der Waals surface area contributed by atoms with Gasteiger partial charge in [0.2, 0.25) is 0 Å². The summed E-state index contributed by atoms with van der Waals surface area (Å²) in [6.07, 6.45) is 2.98. The Balaban J connectivity index is 1.49. The van der Waals surface area contributed by atoms with Crippen molar-refractivity contribution in [3.8, 4) is 5.75 Å². The zero-order valence-electron chi connectivity index (χ0n) is 27.8. The summed E-state index contributed by atoms with van der Waals surface area (Å²) in [5.74, 6) is 0.383. The topological polar surface area (TPSA) is 70.0 Å². The number of carbonyl (C=O) groups excluding carboxylic acids is 2. The van der Waals surface area contributed by atoms with Gasteiger partial charge in [-0.1, -0.05) is 12.1 Å². The Morgan fingerprint density at radius 2 is 1.85 bits per heavy atom. The molecule has 0 bridgehead atoms. The highest BCUT2D eigenvalue weighted by Crippen LogP contribution is 2.57. The molecule has 1 aliphatic heterocycles. The maximum absolute atomic E-state index is 13.1. The number of rotatable bonds is 6. The number of carbonyl (C=O) groups is 2. The van der Waals surface area contributed by atoms with Crippen molar-refractivity contribution in [2.24, 2.45) is 5.41 Å². The third kappa shape index (κ3) is 5.86. The van der Waals surface area contributed by atoms with Crippen LogP contribution in [0.15, 0.2) is 42.6 Å². The number of thioether (sulfide) groups is 1. The highest BCUT2D eigenvalue weighted by Gasteiger charge is 2.48. The van der Waals surface area contributed by atoms with Crippen molar-refractivity contribution in [3.63, 3.8) is 0 Å². The SMILES string of the molecule is [2H]C([2H])([2H])SC1CC2(CCN(Cc3c(OC)cc(C)c4c3ccn4C(=O)OC(C)(C)C)[C@H](c3ccc(C(=O)OC)cc3)C2)C1. The average molecular weight is 582 g/mol. The quantitative estimate of drug-likeness (QED) is 0.281. The number of hydrogen-bond acceptors (Lipinski definition) is 7. The summed E-state index contributed by atoms with van der Waals surface area (Å²) in [7, 11) is 3.04. The zero-order chi connectivity index (χ0) is 32.0. The largest absolute Gasteiger partial charge is 0.496 e. The third-order valence-electron chi connectivity index (χ3n) is 8.60. The van der Waals surface area contributed by atoms with Crippen LogP contribution in [0.3, 0.4) is 0 Å². The second kappa shape index (κ2) is 11.4. The van der Waals surface area contributed by atoms with E-state index < -0.39 is 17.9 Å². The summed E-state index contributed by atoms with van der Waals surface area (Å²) >= 11 is 1.11. The number of piperidine rings is 1. The Morgan fingerprint density at radius 3 is 2.49 bits per heavy atom. The van der Waals surface area contributed by atoms with Gasteiger partial charge in [0, 0.05) is 39.1 Å². The van der Waals surface area contributed by atoms with Crippen molar-refractivity contribution in [1.82, 2.24) is 9.47 Å². The van der Waals surface area contributed by atoms with E-state index in [1.54, 1.807) is 30.0 Å². The van der Waals surface area contributed by atoms with Crippen LogP contribution >= 0.6 is 11.8 Å². The summed E-state index contributed by atoms with van der Waals surface area (Å²) in [5, 5.41) is 1.08.